The predicted octanol–water partition coefficient (Wildman–Crippen LogP) is 2.19. The summed E-state index contributed by atoms with van der Waals surface area (Å²) < 4.78 is 0. The van der Waals surface area contributed by atoms with E-state index in [1.807, 2.05) is 12.3 Å². The third kappa shape index (κ3) is 6.12. The van der Waals surface area contributed by atoms with E-state index in [2.05, 4.69) is 29.2 Å². The summed E-state index contributed by atoms with van der Waals surface area (Å²) in [6.07, 6.45) is 2.94. The van der Waals surface area contributed by atoms with E-state index >= 15 is 0 Å². The van der Waals surface area contributed by atoms with Crippen LogP contribution in [-0.2, 0) is 11.3 Å². The molecule has 0 aliphatic carbocycles. The van der Waals surface area contributed by atoms with Gasteiger partial charge in [-0.15, -0.1) is 11.3 Å². The van der Waals surface area contributed by atoms with E-state index in [4.69, 9.17) is 0 Å². The van der Waals surface area contributed by atoms with Crippen LogP contribution in [0.15, 0.2) is 5.38 Å². The molecule has 0 spiro atoms. The van der Waals surface area contributed by atoms with Gasteiger partial charge in [0.15, 0.2) is 0 Å². The van der Waals surface area contributed by atoms with Crippen LogP contribution in [0, 0.1) is 6.92 Å². The molecule has 1 aromatic heterocycles. The molecule has 0 bridgehead atoms. The summed E-state index contributed by atoms with van der Waals surface area (Å²) >= 11 is 1.61. The predicted molar refractivity (Wildman–Crippen MR) is 75.7 cm³/mol. The first kappa shape index (κ1) is 15.1. The second kappa shape index (κ2) is 8.21. The molecule has 5 heteroatoms. The lowest BCUT2D eigenvalue weighted by Gasteiger charge is -2.15. The van der Waals surface area contributed by atoms with Crippen molar-refractivity contribution in [2.75, 3.05) is 20.1 Å². The topological polar surface area (TPSA) is 45.2 Å². The third-order valence-electron chi connectivity index (χ3n) is 2.75. The number of carbonyl (C=O) groups is 1. The number of rotatable bonds is 8. The van der Waals surface area contributed by atoms with Gasteiger partial charge in [-0.05, 0) is 26.9 Å². The monoisotopic (exact) mass is 269 g/mol. The quantitative estimate of drug-likeness (QED) is 0.787. The van der Waals surface area contributed by atoms with Crippen LogP contribution >= 0.6 is 11.3 Å². The van der Waals surface area contributed by atoms with Gasteiger partial charge in [-0.2, -0.15) is 0 Å². The van der Waals surface area contributed by atoms with E-state index in [9.17, 15) is 4.79 Å². The fourth-order valence-electron chi connectivity index (χ4n) is 1.60. The molecule has 0 aliphatic heterocycles. The molecule has 0 aliphatic rings. The lowest BCUT2D eigenvalue weighted by molar-refractivity contribution is -0.121. The molecule has 18 heavy (non-hydrogen) atoms. The van der Waals surface area contributed by atoms with Gasteiger partial charge in [-0.25, -0.2) is 4.98 Å². The van der Waals surface area contributed by atoms with E-state index in [0.29, 0.717) is 13.0 Å². The zero-order chi connectivity index (χ0) is 13.4. The number of thiazole rings is 1. The molecule has 0 fully saturated rings. The molecule has 102 valence electrons. The zero-order valence-corrected chi connectivity index (χ0v) is 12.3. The molecule has 0 saturated carbocycles. The van der Waals surface area contributed by atoms with Crippen LogP contribution in [0.2, 0.25) is 0 Å². The summed E-state index contributed by atoms with van der Waals surface area (Å²) in [6, 6.07) is 0. The minimum Gasteiger partial charge on any atom is -0.350 e. The second-order valence-electron chi connectivity index (χ2n) is 4.54. The minimum atomic E-state index is 0.101. The van der Waals surface area contributed by atoms with Crippen LogP contribution in [-0.4, -0.2) is 35.9 Å². The summed E-state index contributed by atoms with van der Waals surface area (Å²) in [7, 11) is 2.06. The molecule has 0 atom stereocenters. The van der Waals surface area contributed by atoms with Crippen LogP contribution in [0.4, 0.5) is 0 Å². The van der Waals surface area contributed by atoms with Crippen molar-refractivity contribution >= 4 is 17.2 Å². The Hall–Kier alpha value is -0.940. The molecular weight excluding hydrogens is 246 g/mol. The summed E-state index contributed by atoms with van der Waals surface area (Å²) in [5.74, 6) is 0.101. The zero-order valence-electron chi connectivity index (χ0n) is 11.5. The van der Waals surface area contributed by atoms with Gasteiger partial charge in [-0.3, -0.25) is 4.79 Å². The third-order valence-corrected chi connectivity index (χ3v) is 3.57. The van der Waals surface area contributed by atoms with Gasteiger partial charge >= 0.3 is 0 Å². The van der Waals surface area contributed by atoms with Crippen molar-refractivity contribution in [2.24, 2.45) is 0 Å². The van der Waals surface area contributed by atoms with Gasteiger partial charge in [0.05, 0.1) is 17.2 Å². The maximum atomic E-state index is 11.6. The highest BCUT2D eigenvalue weighted by Gasteiger charge is 2.05. The highest BCUT2D eigenvalue weighted by atomic mass is 32.1. The highest BCUT2D eigenvalue weighted by molar-refractivity contribution is 7.09. The lowest BCUT2D eigenvalue weighted by Crippen LogP contribution is -2.29. The first-order chi connectivity index (χ1) is 8.61. The van der Waals surface area contributed by atoms with Crippen molar-refractivity contribution in [1.82, 2.24) is 15.2 Å². The Morgan fingerprint density at radius 1 is 1.50 bits per heavy atom. The average molecular weight is 269 g/mol. The number of nitrogens with one attached hydrogen (secondary N) is 1. The number of nitrogens with zero attached hydrogens (tertiary/aromatic N) is 2. The van der Waals surface area contributed by atoms with Crippen molar-refractivity contribution in [3.05, 3.63) is 16.1 Å². The normalized spacial score (nSPS) is 10.9. The number of aryl methyl sites for hydroxylation is 1. The Bertz CT molecular complexity index is 365. The largest absolute Gasteiger partial charge is 0.350 e. The van der Waals surface area contributed by atoms with Crippen LogP contribution in [0.25, 0.3) is 0 Å². The highest BCUT2D eigenvalue weighted by Crippen LogP contribution is 2.07. The van der Waals surface area contributed by atoms with Crippen molar-refractivity contribution in [3.8, 4) is 0 Å². The van der Waals surface area contributed by atoms with Gasteiger partial charge in [-0.1, -0.05) is 13.3 Å². The number of carbonyl (C=O) groups excluding carboxylic acids is 1. The van der Waals surface area contributed by atoms with Crippen molar-refractivity contribution in [2.45, 2.75) is 39.7 Å². The van der Waals surface area contributed by atoms with Crippen LogP contribution < -0.4 is 5.32 Å². The van der Waals surface area contributed by atoms with Crippen molar-refractivity contribution in [3.63, 3.8) is 0 Å². The Morgan fingerprint density at radius 3 is 2.89 bits per heavy atom. The van der Waals surface area contributed by atoms with Crippen molar-refractivity contribution in [1.29, 1.82) is 0 Å². The first-order valence-electron chi connectivity index (χ1n) is 6.48. The molecule has 1 amide bonds. The maximum absolute atomic E-state index is 11.6. The summed E-state index contributed by atoms with van der Waals surface area (Å²) in [6.45, 7) is 6.58. The van der Waals surface area contributed by atoms with Gasteiger partial charge in [0.2, 0.25) is 5.91 Å². The summed E-state index contributed by atoms with van der Waals surface area (Å²) in [4.78, 5) is 18.2. The number of amides is 1. The van der Waals surface area contributed by atoms with E-state index < -0.39 is 0 Å². The SMILES string of the molecule is CCCCN(C)CCC(=O)NCc1csc(C)n1. The molecule has 0 radical (unpaired) electrons. The molecule has 4 nitrogen and oxygen atoms in total. The van der Waals surface area contributed by atoms with Gasteiger partial charge < -0.3 is 10.2 Å². The number of hydrogen-bond donors (Lipinski definition) is 1. The van der Waals surface area contributed by atoms with Gasteiger partial charge in [0.1, 0.15) is 0 Å². The van der Waals surface area contributed by atoms with E-state index in [-0.39, 0.29) is 5.91 Å². The smallest absolute Gasteiger partial charge is 0.221 e. The minimum absolute atomic E-state index is 0.101. The Kier molecular flexibility index (Phi) is 6.90. The Balaban J connectivity index is 2.14. The number of hydrogen-bond acceptors (Lipinski definition) is 4. The van der Waals surface area contributed by atoms with Crippen LogP contribution in [0.5, 0.6) is 0 Å². The van der Waals surface area contributed by atoms with Gasteiger partial charge in [0.25, 0.3) is 0 Å². The Labute approximate surface area is 113 Å². The molecule has 1 N–H and O–H groups in total. The molecule has 0 saturated heterocycles. The summed E-state index contributed by atoms with van der Waals surface area (Å²) in [5, 5.41) is 5.93. The average Bonchev–Trinajstić information content (AvgIpc) is 2.77. The molecule has 0 aromatic carbocycles. The Morgan fingerprint density at radius 2 is 2.28 bits per heavy atom. The molecule has 1 heterocycles. The summed E-state index contributed by atoms with van der Waals surface area (Å²) in [5.41, 5.74) is 0.949. The fourth-order valence-corrected chi connectivity index (χ4v) is 2.21. The fraction of sp³-hybridized carbons (Fsp3) is 0.692. The maximum Gasteiger partial charge on any atom is 0.221 e. The van der Waals surface area contributed by atoms with E-state index in [0.717, 1.165) is 23.8 Å². The van der Waals surface area contributed by atoms with Crippen LogP contribution in [0.3, 0.4) is 0 Å². The molecule has 1 aromatic rings. The molecular formula is C13H23N3OS. The lowest BCUT2D eigenvalue weighted by atomic mass is 10.3. The van der Waals surface area contributed by atoms with Crippen molar-refractivity contribution < 1.29 is 4.79 Å². The first-order valence-corrected chi connectivity index (χ1v) is 7.36. The molecule has 0 unspecified atom stereocenters. The van der Waals surface area contributed by atoms with E-state index in [1.54, 1.807) is 11.3 Å². The molecule has 1 rings (SSSR count). The van der Waals surface area contributed by atoms with Gasteiger partial charge in [0, 0.05) is 18.3 Å². The second-order valence-corrected chi connectivity index (χ2v) is 5.60. The van der Waals surface area contributed by atoms with Crippen LogP contribution in [0.1, 0.15) is 36.9 Å². The van der Waals surface area contributed by atoms with E-state index in [1.165, 1.54) is 12.8 Å². The number of aromatic nitrogens is 1. The standard InChI is InChI=1S/C13H23N3OS/c1-4-5-7-16(3)8-6-13(17)14-9-12-10-18-11(2)15-12/h10H,4-9H2,1-3H3,(H,14,17). The number of unbranched alkanes of at least 4 members (excludes halogenated alkanes) is 1.